The number of carbonyl (C=O) groups is 1. The molecule has 0 aliphatic heterocycles. The fraction of sp³-hybridized carbons (Fsp3) is 0.455. The van der Waals surface area contributed by atoms with E-state index in [0.717, 1.165) is 38.5 Å². The lowest BCUT2D eigenvalue weighted by molar-refractivity contribution is -0.141. The van der Waals surface area contributed by atoms with Crippen molar-refractivity contribution in [1.82, 2.24) is 0 Å². The number of carboxylic acid groups (broad SMARTS) is 1. The van der Waals surface area contributed by atoms with Crippen molar-refractivity contribution in [2.45, 2.75) is 58.3 Å². The minimum absolute atomic E-state index is 0.348. The maximum atomic E-state index is 11.0. The molecule has 2 nitrogen and oxygen atoms in total. The minimum Gasteiger partial charge on any atom is -0.481 e. The van der Waals surface area contributed by atoms with Gasteiger partial charge in [0.2, 0.25) is 0 Å². The summed E-state index contributed by atoms with van der Waals surface area (Å²) in [7, 11) is 0. The van der Waals surface area contributed by atoms with Gasteiger partial charge in [0.05, 0.1) is 5.92 Å². The second-order valence-electron chi connectivity index (χ2n) is 5.72. The van der Waals surface area contributed by atoms with Crippen LogP contribution in [0.2, 0.25) is 0 Å². The van der Waals surface area contributed by atoms with Crippen LogP contribution in [0.4, 0.5) is 0 Å². The van der Waals surface area contributed by atoms with Gasteiger partial charge in [-0.15, -0.1) is 0 Å². The smallest absolute Gasteiger partial charge is 0.306 e. The Morgan fingerprint density at radius 2 is 1.28 bits per heavy atom. The van der Waals surface area contributed by atoms with Crippen molar-refractivity contribution in [3.63, 3.8) is 0 Å². The van der Waals surface area contributed by atoms with Gasteiger partial charge in [0.15, 0.2) is 0 Å². The van der Waals surface area contributed by atoms with E-state index in [-0.39, 0.29) is 5.92 Å². The Labute approximate surface area is 158 Å². The normalized spacial score (nSPS) is 13.8. The highest BCUT2D eigenvalue weighted by Crippen LogP contribution is 2.11. The van der Waals surface area contributed by atoms with Crippen molar-refractivity contribution < 1.29 is 9.90 Å². The predicted molar refractivity (Wildman–Crippen MR) is 113 cm³/mol. The van der Waals surface area contributed by atoms with Crippen LogP contribution < -0.4 is 0 Å². The molecule has 0 rings (SSSR count). The van der Waals surface area contributed by atoms with Crippen molar-refractivity contribution in [2.75, 3.05) is 0 Å². The summed E-state index contributed by atoms with van der Waals surface area (Å²) in [4.78, 5) is 11.0. The third-order valence-electron chi connectivity index (χ3n) is 3.57. The highest BCUT2D eigenvalue weighted by molar-refractivity contribution is 7.78. The molecule has 0 radical (unpaired) electrons. The predicted octanol–water partition coefficient (Wildman–Crippen LogP) is 6.61. The standard InChI is InChI=1S/C22H32O2S/c1-2-3-4-5-6-7-8-9-10-11-12-13-14-15-16-17-18-21(19-20-25)22(23)24/h3-4,6-7,9-10,12-13,15-16,20-21H,2,5,8,11,14,17-19H2,1H3,(H,23,24)/b4-3-,7-6-,10-9-,13-12-,16-15-. The molecule has 3 heteroatoms. The molecule has 0 fully saturated rings. The first kappa shape index (κ1) is 23.3. The third-order valence-corrected chi connectivity index (χ3v) is 3.76. The first-order valence-corrected chi connectivity index (χ1v) is 9.60. The van der Waals surface area contributed by atoms with Crippen LogP contribution in [0.3, 0.4) is 0 Å². The van der Waals surface area contributed by atoms with Gasteiger partial charge < -0.3 is 5.11 Å². The van der Waals surface area contributed by atoms with Gasteiger partial charge in [-0.05, 0) is 56.7 Å². The first-order chi connectivity index (χ1) is 12.2. The summed E-state index contributed by atoms with van der Waals surface area (Å²) in [6.07, 6.45) is 28.4. The van der Waals surface area contributed by atoms with Gasteiger partial charge in [0.25, 0.3) is 0 Å². The average molecular weight is 361 g/mol. The van der Waals surface area contributed by atoms with Crippen LogP contribution in [-0.2, 0) is 4.79 Å². The van der Waals surface area contributed by atoms with Crippen LogP contribution in [0.1, 0.15) is 58.3 Å². The molecule has 25 heavy (non-hydrogen) atoms. The molecule has 0 aliphatic rings. The zero-order valence-corrected chi connectivity index (χ0v) is 16.2. The summed E-state index contributed by atoms with van der Waals surface area (Å²) in [5.41, 5.74) is 0. The van der Waals surface area contributed by atoms with Crippen LogP contribution in [0.5, 0.6) is 0 Å². The van der Waals surface area contributed by atoms with E-state index in [1.54, 1.807) is 0 Å². The van der Waals surface area contributed by atoms with E-state index in [2.05, 4.69) is 67.7 Å². The second-order valence-corrected chi connectivity index (χ2v) is 6.06. The fourth-order valence-corrected chi connectivity index (χ4v) is 2.36. The van der Waals surface area contributed by atoms with Gasteiger partial charge >= 0.3 is 5.97 Å². The van der Waals surface area contributed by atoms with E-state index in [4.69, 9.17) is 17.3 Å². The Hall–Kier alpha value is -1.74. The molecule has 0 aromatic rings. The zero-order chi connectivity index (χ0) is 18.6. The largest absolute Gasteiger partial charge is 0.481 e. The van der Waals surface area contributed by atoms with Gasteiger partial charge in [-0.3, -0.25) is 4.79 Å². The highest BCUT2D eigenvalue weighted by Gasteiger charge is 2.14. The van der Waals surface area contributed by atoms with E-state index >= 15 is 0 Å². The molecule has 1 N–H and O–H groups in total. The molecule has 0 saturated heterocycles. The molecule has 1 atom stereocenters. The van der Waals surface area contributed by atoms with Crippen LogP contribution in [0, 0.1) is 5.92 Å². The minimum atomic E-state index is -0.756. The Morgan fingerprint density at radius 3 is 1.68 bits per heavy atom. The van der Waals surface area contributed by atoms with Crippen molar-refractivity contribution in [3.05, 3.63) is 60.8 Å². The van der Waals surface area contributed by atoms with Crippen LogP contribution in [0.15, 0.2) is 60.8 Å². The lowest BCUT2D eigenvalue weighted by atomic mass is 10.0. The maximum Gasteiger partial charge on any atom is 0.306 e. The Balaban J connectivity index is 3.68. The molecule has 0 amide bonds. The van der Waals surface area contributed by atoms with E-state index in [1.807, 2.05) is 0 Å². The number of thiocarbonyl (C=S) groups is 1. The second kappa shape index (κ2) is 18.6. The summed E-state index contributed by atoms with van der Waals surface area (Å²) in [5, 5.41) is 10.5. The third kappa shape index (κ3) is 16.9. The summed E-state index contributed by atoms with van der Waals surface area (Å²) in [6, 6.07) is 0. The molecule has 0 heterocycles. The highest BCUT2D eigenvalue weighted by atomic mass is 32.1. The van der Waals surface area contributed by atoms with Gasteiger partial charge in [-0.2, -0.15) is 0 Å². The zero-order valence-electron chi connectivity index (χ0n) is 15.3. The molecular weight excluding hydrogens is 328 g/mol. The van der Waals surface area contributed by atoms with Crippen LogP contribution in [-0.4, -0.2) is 16.4 Å². The van der Waals surface area contributed by atoms with Crippen molar-refractivity contribution in [2.24, 2.45) is 5.92 Å². The molecule has 0 saturated carbocycles. The summed E-state index contributed by atoms with van der Waals surface area (Å²) in [5.74, 6) is -1.10. The first-order valence-electron chi connectivity index (χ1n) is 9.13. The van der Waals surface area contributed by atoms with Gasteiger partial charge in [0, 0.05) is 0 Å². The van der Waals surface area contributed by atoms with Crippen molar-refractivity contribution >= 4 is 23.6 Å². The number of allylic oxidation sites excluding steroid dienone is 10. The van der Waals surface area contributed by atoms with Gasteiger partial charge in [0.1, 0.15) is 0 Å². The maximum absolute atomic E-state index is 11.0. The molecule has 0 aromatic heterocycles. The van der Waals surface area contributed by atoms with E-state index in [1.165, 1.54) is 5.37 Å². The van der Waals surface area contributed by atoms with Crippen molar-refractivity contribution in [1.29, 1.82) is 0 Å². The molecule has 0 spiro atoms. The quantitative estimate of drug-likeness (QED) is 0.264. The number of rotatable bonds is 15. The number of carboxylic acids is 1. The Bertz CT molecular complexity index is 484. The SMILES string of the molecule is CC/C=C\C/C=C\C/C=C\C/C=C\C/C=C\CCC(CC=S)C(=O)O. The number of hydrogen-bond donors (Lipinski definition) is 1. The molecular formula is C22H32O2S. The topological polar surface area (TPSA) is 37.3 Å². The lowest BCUT2D eigenvalue weighted by Gasteiger charge is -2.06. The lowest BCUT2D eigenvalue weighted by Crippen LogP contribution is -2.13. The molecule has 0 aromatic carbocycles. The Kier molecular flexibility index (Phi) is 17.3. The monoisotopic (exact) mass is 360 g/mol. The number of hydrogen-bond acceptors (Lipinski definition) is 2. The summed E-state index contributed by atoms with van der Waals surface area (Å²) < 4.78 is 0. The summed E-state index contributed by atoms with van der Waals surface area (Å²) >= 11 is 4.74. The van der Waals surface area contributed by atoms with E-state index in [0.29, 0.717) is 12.8 Å². The van der Waals surface area contributed by atoms with Gasteiger partial charge in [-0.25, -0.2) is 0 Å². The summed E-state index contributed by atoms with van der Waals surface area (Å²) in [6.45, 7) is 2.14. The molecule has 138 valence electrons. The molecule has 1 unspecified atom stereocenters. The van der Waals surface area contributed by atoms with Crippen LogP contribution in [0.25, 0.3) is 0 Å². The van der Waals surface area contributed by atoms with E-state index in [9.17, 15) is 4.79 Å². The Morgan fingerprint density at radius 1 is 0.840 bits per heavy atom. The average Bonchev–Trinajstić information content (AvgIpc) is 2.60. The van der Waals surface area contributed by atoms with Crippen LogP contribution >= 0.6 is 12.2 Å². The molecule has 0 aliphatic carbocycles. The van der Waals surface area contributed by atoms with Gasteiger partial charge in [-0.1, -0.05) is 79.9 Å². The van der Waals surface area contributed by atoms with E-state index < -0.39 is 5.97 Å². The molecule has 0 bridgehead atoms. The fourth-order valence-electron chi connectivity index (χ4n) is 2.12. The number of aliphatic carboxylic acids is 1. The van der Waals surface area contributed by atoms with Crippen molar-refractivity contribution in [3.8, 4) is 0 Å².